The first kappa shape index (κ1) is 20.5. The van der Waals surface area contributed by atoms with Crippen molar-refractivity contribution in [3.8, 4) is 11.1 Å². The van der Waals surface area contributed by atoms with Crippen molar-refractivity contribution in [3.05, 3.63) is 56.8 Å². The molecule has 1 saturated carbocycles. The molecule has 0 amide bonds. The van der Waals surface area contributed by atoms with Crippen molar-refractivity contribution in [2.45, 2.75) is 62.8 Å². The van der Waals surface area contributed by atoms with Crippen LogP contribution >= 0.6 is 23.1 Å². The number of benzene rings is 1. The molecule has 1 N–H and O–H groups in total. The summed E-state index contributed by atoms with van der Waals surface area (Å²) >= 11 is 2.98. The second kappa shape index (κ2) is 8.59. The molecule has 5 rings (SSSR count). The fourth-order valence-electron chi connectivity index (χ4n) is 4.22. The molecule has 1 aliphatic carbocycles. The summed E-state index contributed by atoms with van der Waals surface area (Å²) in [5.74, 6) is 2.24. The van der Waals surface area contributed by atoms with Gasteiger partial charge in [0.15, 0.2) is 0 Å². The second-order valence-corrected chi connectivity index (χ2v) is 10.3. The first-order valence-corrected chi connectivity index (χ1v) is 12.4. The van der Waals surface area contributed by atoms with Gasteiger partial charge in [0.25, 0.3) is 10.8 Å². The van der Waals surface area contributed by atoms with Gasteiger partial charge in [-0.1, -0.05) is 60.9 Å². The van der Waals surface area contributed by atoms with Crippen LogP contribution in [0.15, 0.2) is 38.7 Å². The van der Waals surface area contributed by atoms with E-state index in [1.54, 1.807) is 11.3 Å². The molecule has 1 fully saturated rings. The molecule has 31 heavy (non-hydrogen) atoms. The molecule has 1 aromatic carbocycles. The molecule has 0 atom stereocenters. The van der Waals surface area contributed by atoms with Crippen LogP contribution in [0.5, 0.6) is 0 Å². The zero-order valence-electron chi connectivity index (χ0n) is 17.6. The SMILES string of the molecule is Cc1ccc(-c2c(C)sc3nc(CSc4nnc(C5CCCCC5)o4)[nH]c(=O)c23)cc1. The number of hydrogen-bond donors (Lipinski definition) is 1. The summed E-state index contributed by atoms with van der Waals surface area (Å²) in [6, 6.07) is 8.26. The molecule has 8 heteroatoms. The lowest BCUT2D eigenvalue weighted by atomic mass is 9.89. The second-order valence-electron chi connectivity index (χ2n) is 8.12. The largest absolute Gasteiger partial charge is 0.416 e. The van der Waals surface area contributed by atoms with Gasteiger partial charge in [0.05, 0.1) is 11.1 Å². The van der Waals surface area contributed by atoms with Crippen LogP contribution in [0.2, 0.25) is 0 Å². The van der Waals surface area contributed by atoms with Crippen LogP contribution in [0.4, 0.5) is 0 Å². The highest BCUT2D eigenvalue weighted by atomic mass is 32.2. The van der Waals surface area contributed by atoms with E-state index in [0.29, 0.717) is 28.1 Å². The monoisotopic (exact) mass is 452 g/mol. The number of aromatic nitrogens is 4. The molecule has 3 aromatic heterocycles. The summed E-state index contributed by atoms with van der Waals surface area (Å²) in [7, 11) is 0. The van der Waals surface area contributed by atoms with E-state index in [0.717, 1.165) is 39.6 Å². The van der Waals surface area contributed by atoms with E-state index in [2.05, 4.69) is 46.4 Å². The van der Waals surface area contributed by atoms with E-state index >= 15 is 0 Å². The lowest BCUT2D eigenvalue weighted by Gasteiger charge is -2.17. The van der Waals surface area contributed by atoms with E-state index < -0.39 is 0 Å². The molecule has 0 saturated heterocycles. The van der Waals surface area contributed by atoms with Crippen molar-refractivity contribution in [2.24, 2.45) is 0 Å². The Morgan fingerprint density at radius 1 is 1.13 bits per heavy atom. The fraction of sp³-hybridized carbons (Fsp3) is 0.391. The average molecular weight is 453 g/mol. The Hall–Kier alpha value is -2.45. The van der Waals surface area contributed by atoms with Crippen LogP contribution in [0.1, 0.15) is 60.2 Å². The minimum atomic E-state index is -0.103. The topological polar surface area (TPSA) is 84.7 Å². The maximum atomic E-state index is 12.9. The molecule has 4 aromatic rings. The molecule has 0 spiro atoms. The number of thiophene rings is 1. The minimum Gasteiger partial charge on any atom is -0.416 e. The number of H-pyrrole nitrogens is 1. The minimum absolute atomic E-state index is 0.103. The highest BCUT2D eigenvalue weighted by Crippen LogP contribution is 2.36. The van der Waals surface area contributed by atoms with Crippen molar-refractivity contribution < 1.29 is 4.42 Å². The number of aromatic amines is 1. The number of hydrogen-bond acceptors (Lipinski definition) is 7. The van der Waals surface area contributed by atoms with E-state index in [-0.39, 0.29) is 5.56 Å². The van der Waals surface area contributed by atoms with Crippen molar-refractivity contribution in [2.75, 3.05) is 0 Å². The molecule has 1 aliphatic rings. The standard InChI is InChI=1S/C23H24N4O2S2/c1-13-8-10-15(11-9-13)18-14(2)31-22-19(18)20(28)24-17(25-22)12-30-23-27-26-21(29-23)16-6-4-3-5-7-16/h8-11,16H,3-7,12H2,1-2H3,(H,24,25,28). The molecule has 0 unspecified atom stereocenters. The van der Waals surface area contributed by atoms with Gasteiger partial charge in [0.1, 0.15) is 10.7 Å². The van der Waals surface area contributed by atoms with Crippen LogP contribution in [-0.2, 0) is 5.75 Å². The van der Waals surface area contributed by atoms with Gasteiger partial charge in [-0.3, -0.25) is 4.79 Å². The van der Waals surface area contributed by atoms with Crippen LogP contribution in [0, 0.1) is 13.8 Å². The summed E-state index contributed by atoms with van der Waals surface area (Å²) in [5.41, 5.74) is 3.11. The van der Waals surface area contributed by atoms with E-state index in [4.69, 9.17) is 9.40 Å². The number of fused-ring (bicyclic) bond motifs is 1. The number of aryl methyl sites for hydroxylation is 2. The normalized spacial score (nSPS) is 15.0. The lowest BCUT2D eigenvalue weighted by Crippen LogP contribution is -2.10. The summed E-state index contributed by atoms with van der Waals surface area (Å²) < 4.78 is 5.88. The quantitative estimate of drug-likeness (QED) is 0.374. The van der Waals surface area contributed by atoms with Gasteiger partial charge in [-0.15, -0.1) is 21.5 Å². The molecule has 0 radical (unpaired) electrons. The molecule has 0 aliphatic heterocycles. The van der Waals surface area contributed by atoms with Crippen LogP contribution in [-0.4, -0.2) is 20.2 Å². The van der Waals surface area contributed by atoms with Crippen LogP contribution in [0.3, 0.4) is 0 Å². The van der Waals surface area contributed by atoms with Crippen molar-refractivity contribution >= 4 is 33.3 Å². The van der Waals surface area contributed by atoms with Crippen LogP contribution in [0.25, 0.3) is 21.3 Å². The van der Waals surface area contributed by atoms with Crippen molar-refractivity contribution in [3.63, 3.8) is 0 Å². The maximum absolute atomic E-state index is 12.9. The van der Waals surface area contributed by atoms with Gasteiger partial charge in [-0.25, -0.2) is 4.98 Å². The molecule has 6 nitrogen and oxygen atoms in total. The van der Waals surface area contributed by atoms with Gasteiger partial charge >= 0.3 is 0 Å². The first-order valence-electron chi connectivity index (χ1n) is 10.6. The summed E-state index contributed by atoms with van der Waals surface area (Å²) in [4.78, 5) is 22.5. The van der Waals surface area contributed by atoms with Crippen molar-refractivity contribution in [1.82, 2.24) is 20.2 Å². The van der Waals surface area contributed by atoms with Gasteiger partial charge in [-0.2, -0.15) is 0 Å². The predicted molar refractivity (Wildman–Crippen MR) is 125 cm³/mol. The first-order chi connectivity index (χ1) is 15.1. The highest BCUT2D eigenvalue weighted by molar-refractivity contribution is 7.98. The molecule has 0 bridgehead atoms. The number of thioether (sulfide) groups is 1. The lowest BCUT2D eigenvalue weighted by molar-refractivity contribution is 0.334. The molecule has 3 heterocycles. The summed E-state index contributed by atoms with van der Waals surface area (Å²) in [5, 5.41) is 9.63. The number of rotatable bonds is 5. The Kier molecular flexibility index (Phi) is 5.67. The van der Waals surface area contributed by atoms with E-state index in [1.807, 2.05) is 6.92 Å². The van der Waals surface area contributed by atoms with Crippen molar-refractivity contribution in [1.29, 1.82) is 0 Å². The fourth-order valence-corrected chi connectivity index (χ4v) is 5.93. The predicted octanol–water partition coefficient (Wildman–Crippen LogP) is 5.99. The Morgan fingerprint density at radius 3 is 2.68 bits per heavy atom. The maximum Gasteiger partial charge on any atom is 0.277 e. The Balaban J connectivity index is 1.37. The number of nitrogens with one attached hydrogen (secondary N) is 1. The summed E-state index contributed by atoms with van der Waals surface area (Å²) in [6.45, 7) is 4.10. The van der Waals surface area contributed by atoms with Crippen LogP contribution < -0.4 is 5.56 Å². The molecule has 160 valence electrons. The zero-order valence-corrected chi connectivity index (χ0v) is 19.2. The third kappa shape index (κ3) is 4.19. The third-order valence-corrected chi connectivity index (χ3v) is 7.66. The Labute approximate surface area is 188 Å². The average Bonchev–Trinajstić information content (AvgIpc) is 3.38. The smallest absolute Gasteiger partial charge is 0.277 e. The van der Waals surface area contributed by atoms with E-state index in [1.165, 1.54) is 36.6 Å². The van der Waals surface area contributed by atoms with E-state index in [9.17, 15) is 4.79 Å². The van der Waals surface area contributed by atoms with Gasteiger partial charge < -0.3 is 9.40 Å². The van der Waals surface area contributed by atoms with Gasteiger partial charge in [0.2, 0.25) is 5.89 Å². The Bertz CT molecular complexity index is 1270. The van der Waals surface area contributed by atoms with Gasteiger partial charge in [0, 0.05) is 16.4 Å². The zero-order chi connectivity index (χ0) is 21.4. The van der Waals surface area contributed by atoms with Gasteiger partial charge in [-0.05, 0) is 32.3 Å². The molecular weight excluding hydrogens is 428 g/mol. The third-order valence-electron chi connectivity index (χ3n) is 5.84. The summed E-state index contributed by atoms with van der Waals surface area (Å²) in [6.07, 6.45) is 6.00. The highest BCUT2D eigenvalue weighted by Gasteiger charge is 2.22. The number of nitrogens with zero attached hydrogens (tertiary/aromatic N) is 3. The molecular formula is C23H24N4O2S2. The Morgan fingerprint density at radius 2 is 1.90 bits per heavy atom.